The second-order valence-corrected chi connectivity index (χ2v) is 11.7. The smallest absolute Gasteiger partial charge is 0.303 e. The van der Waals surface area contributed by atoms with Gasteiger partial charge in [-0.15, -0.1) is 0 Å². The molecule has 2 nitrogen and oxygen atoms in total. The second kappa shape index (κ2) is 7.27. The highest BCUT2D eigenvalue weighted by Crippen LogP contribution is 2.68. The number of hydrogen-bond donors (Lipinski definition) is 1. The molecule has 4 aliphatic rings. The highest BCUT2D eigenvalue weighted by Gasteiger charge is 2.61. The minimum atomic E-state index is -0.659. The lowest BCUT2D eigenvalue weighted by atomic mass is 9.43. The van der Waals surface area contributed by atoms with E-state index < -0.39 is 12.1 Å². The molecule has 4 rings (SSSR count). The highest BCUT2D eigenvalue weighted by molar-refractivity contribution is 5.66. The van der Waals surface area contributed by atoms with E-state index in [1.807, 2.05) is 0 Å². The first-order valence-corrected chi connectivity index (χ1v) is 12.0. The van der Waals surface area contributed by atoms with Crippen molar-refractivity contribution >= 4 is 5.97 Å². The van der Waals surface area contributed by atoms with E-state index in [0.29, 0.717) is 29.6 Å². The minimum Gasteiger partial charge on any atom is -0.481 e. The van der Waals surface area contributed by atoms with E-state index in [0.717, 1.165) is 31.1 Å². The zero-order valence-electron chi connectivity index (χ0n) is 18.4. The third-order valence-electron chi connectivity index (χ3n) is 10.6. The van der Waals surface area contributed by atoms with Crippen LogP contribution in [0.5, 0.6) is 0 Å². The van der Waals surface area contributed by atoms with Crippen molar-refractivity contribution in [1.29, 1.82) is 0 Å². The summed E-state index contributed by atoms with van der Waals surface area (Å²) in [5, 5.41) is 9.10. The van der Waals surface area contributed by atoms with Crippen molar-refractivity contribution in [3.8, 4) is 0 Å². The van der Waals surface area contributed by atoms with Gasteiger partial charge in [-0.2, -0.15) is 0 Å². The number of halogens is 1. The molecule has 4 fully saturated rings. The fourth-order valence-electron chi connectivity index (χ4n) is 9.00. The summed E-state index contributed by atoms with van der Waals surface area (Å²) in [7, 11) is 0. The molecule has 0 heterocycles. The van der Waals surface area contributed by atoms with Gasteiger partial charge in [-0.25, -0.2) is 4.39 Å². The molecule has 1 N–H and O–H groups in total. The van der Waals surface area contributed by atoms with Gasteiger partial charge in [0.25, 0.3) is 0 Å². The molecule has 0 spiro atoms. The lowest BCUT2D eigenvalue weighted by Gasteiger charge is -2.62. The van der Waals surface area contributed by atoms with Gasteiger partial charge < -0.3 is 5.11 Å². The Morgan fingerprint density at radius 3 is 2.36 bits per heavy atom. The van der Waals surface area contributed by atoms with Gasteiger partial charge in [0.1, 0.15) is 6.17 Å². The Hall–Kier alpha value is -0.600. The largest absolute Gasteiger partial charge is 0.481 e. The van der Waals surface area contributed by atoms with Crippen LogP contribution in [0.25, 0.3) is 0 Å². The van der Waals surface area contributed by atoms with Crippen molar-refractivity contribution < 1.29 is 14.3 Å². The number of fused-ring (bicyclic) bond motifs is 5. The van der Waals surface area contributed by atoms with Gasteiger partial charge in [-0.3, -0.25) is 4.79 Å². The molecule has 10 atom stereocenters. The molecular weight excluding hydrogens is 351 g/mol. The third-order valence-corrected chi connectivity index (χ3v) is 10.6. The lowest BCUT2D eigenvalue weighted by Crippen LogP contribution is -2.56. The minimum absolute atomic E-state index is 0.211. The first kappa shape index (κ1) is 20.7. The zero-order chi connectivity index (χ0) is 20.3. The van der Waals surface area contributed by atoms with Crippen LogP contribution in [0.15, 0.2) is 0 Å². The summed E-state index contributed by atoms with van der Waals surface area (Å²) in [6.07, 6.45) is 10.3. The van der Waals surface area contributed by atoms with Gasteiger partial charge >= 0.3 is 5.97 Å². The van der Waals surface area contributed by atoms with Crippen molar-refractivity contribution in [2.45, 2.75) is 98.1 Å². The standard InChI is InChI=1S/C25H41FO2/c1-15(5-10-22(27)28)18-8-9-19-17-6-7-21-23(26)16(2)11-13-25(21,4)20(17)12-14-24(18,19)3/h15-21,23H,5-14H2,1-4H3,(H,27,28)/t15-,16+,17+,18?,19+,20+,21-,23+,24-,25-/m1/s1. The summed E-state index contributed by atoms with van der Waals surface area (Å²) in [5.41, 5.74) is 0.586. The number of carbonyl (C=O) groups is 1. The first-order chi connectivity index (χ1) is 13.2. The summed E-state index contributed by atoms with van der Waals surface area (Å²) in [6.45, 7) is 9.38. The normalized spacial score (nSPS) is 51.7. The molecular formula is C25H41FO2. The van der Waals surface area contributed by atoms with Crippen LogP contribution in [-0.4, -0.2) is 17.2 Å². The number of alkyl halides is 1. The first-order valence-electron chi connectivity index (χ1n) is 12.0. The quantitative estimate of drug-likeness (QED) is 0.576. The average Bonchev–Trinajstić information content (AvgIpc) is 3.00. The predicted molar refractivity (Wildman–Crippen MR) is 111 cm³/mol. The van der Waals surface area contributed by atoms with E-state index in [2.05, 4.69) is 27.7 Å². The van der Waals surface area contributed by atoms with E-state index in [9.17, 15) is 4.79 Å². The topological polar surface area (TPSA) is 37.3 Å². The Bertz CT molecular complexity index is 605. The fourth-order valence-corrected chi connectivity index (χ4v) is 9.00. The van der Waals surface area contributed by atoms with Crippen molar-refractivity contribution in [2.24, 2.45) is 52.3 Å². The highest BCUT2D eigenvalue weighted by atomic mass is 19.1. The van der Waals surface area contributed by atoms with Gasteiger partial charge in [-0.05, 0) is 110 Å². The summed E-state index contributed by atoms with van der Waals surface area (Å²) < 4.78 is 15.1. The Kier molecular flexibility index (Phi) is 5.37. The Balaban J connectivity index is 1.53. The van der Waals surface area contributed by atoms with Crippen molar-refractivity contribution in [3.63, 3.8) is 0 Å². The number of carboxylic acids is 1. The second-order valence-electron chi connectivity index (χ2n) is 11.7. The molecule has 28 heavy (non-hydrogen) atoms. The summed E-state index contributed by atoms with van der Waals surface area (Å²) in [6, 6.07) is 0. The van der Waals surface area contributed by atoms with Crippen LogP contribution in [0.1, 0.15) is 91.9 Å². The Morgan fingerprint density at radius 2 is 1.64 bits per heavy atom. The number of carboxylic acid groups (broad SMARTS) is 1. The van der Waals surface area contributed by atoms with Crippen LogP contribution in [0.3, 0.4) is 0 Å². The van der Waals surface area contributed by atoms with E-state index in [4.69, 9.17) is 5.11 Å². The SMILES string of the molecule is C[C@H](CCC(=O)O)C1CC[C@H]2[C@@H]3CC[C@@H]4[C@@H](F)[C@@H](C)CC[C@]4(C)[C@H]3CC[C@]12C. The van der Waals surface area contributed by atoms with Crippen molar-refractivity contribution in [1.82, 2.24) is 0 Å². The van der Waals surface area contributed by atoms with E-state index in [1.54, 1.807) is 0 Å². The molecule has 4 saturated carbocycles. The molecule has 0 amide bonds. The van der Waals surface area contributed by atoms with Gasteiger partial charge in [-0.1, -0.05) is 27.7 Å². The maximum Gasteiger partial charge on any atom is 0.303 e. The van der Waals surface area contributed by atoms with Crippen LogP contribution < -0.4 is 0 Å². The summed E-state index contributed by atoms with van der Waals surface area (Å²) in [5.74, 6) is 3.31. The third kappa shape index (κ3) is 3.05. The van der Waals surface area contributed by atoms with Crippen molar-refractivity contribution in [3.05, 3.63) is 0 Å². The van der Waals surface area contributed by atoms with E-state index in [1.165, 1.54) is 38.5 Å². The molecule has 4 aliphatic carbocycles. The van der Waals surface area contributed by atoms with Gasteiger partial charge in [0, 0.05) is 6.42 Å². The Labute approximate surface area is 171 Å². The van der Waals surface area contributed by atoms with Crippen LogP contribution in [0.4, 0.5) is 4.39 Å². The van der Waals surface area contributed by atoms with Crippen molar-refractivity contribution in [2.75, 3.05) is 0 Å². The molecule has 0 aliphatic heterocycles. The number of rotatable bonds is 4. The van der Waals surface area contributed by atoms with Crippen LogP contribution in [-0.2, 0) is 4.79 Å². The molecule has 0 aromatic heterocycles. The molecule has 0 radical (unpaired) electrons. The van der Waals surface area contributed by atoms with Crippen LogP contribution in [0, 0.1) is 52.3 Å². The maximum absolute atomic E-state index is 15.1. The fraction of sp³-hybridized carbons (Fsp3) is 0.960. The molecule has 3 heteroatoms. The predicted octanol–water partition coefficient (Wildman–Crippen LogP) is 6.73. The molecule has 1 unspecified atom stereocenters. The van der Waals surface area contributed by atoms with E-state index >= 15 is 4.39 Å². The van der Waals surface area contributed by atoms with Crippen LogP contribution in [0.2, 0.25) is 0 Å². The molecule has 0 aromatic rings. The zero-order valence-corrected chi connectivity index (χ0v) is 18.4. The van der Waals surface area contributed by atoms with Crippen LogP contribution >= 0.6 is 0 Å². The summed E-state index contributed by atoms with van der Waals surface area (Å²) in [4.78, 5) is 11.1. The monoisotopic (exact) mass is 392 g/mol. The molecule has 160 valence electrons. The van der Waals surface area contributed by atoms with Gasteiger partial charge in [0.2, 0.25) is 0 Å². The Morgan fingerprint density at radius 1 is 1.00 bits per heavy atom. The van der Waals surface area contributed by atoms with Gasteiger partial charge in [0.15, 0.2) is 0 Å². The maximum atomic E-state index is 15.1. The molecule has 0 bridgehead atoms. The average molecular weight is 393 g/mol. The molecule has 0 saturated heterocycles. The van der Waals surface area contributed by atoms with E-state index in [-0.39, 0.29) is 17.3 Å². The lowest BCUT2D eigenvalue weighted by molar-refractivity contribution is -0.143. The molecule has 0 aromatic carbocycles. The number of hydrogen-bond acceptors (Lipinski definition) is 1. The van der Waals surface area contributed by atoms with Gasteiger partial charge in [0.05, 0.1) is 0 Å². The summed E-state index contributed by atoms with van der Waals surface area (Å²) >= 11 is 0. The number of aliphatic carboxylic acids is 1.